The fraction of sp³-hybridized carbons (Fsp3) is 0.833. The van der Waals surface area contributed by atoms with Gasteiger partial charge in [0.2, 0.25) is 5.91 Å². The molecule has 1 aliphatic rings. The summed E-state index contributed by atoms with van der Waals surface area (Å²) >= 11 is 0. The summed E-state index contributed by atoms with van der Waals surface area (Å²) < 4.78 is 30.8. The Bertz CT molecular complexity index is 277. The molecule has 0 saturated carbocycles. The standard InChI is InChI=1S/C6H8F2N4O2/c7-6(8)3-10-5(13)2-14-4(6)1-11-12-9/h4H,1-3H2,(H,10,13). The first-order valence-electron chi connectivity index (χ1n) is 3.83. The van der Waals surface area contributed by atoms with Gasteiger partial charge in [-0.2, -0.15) is 0 Å². The van der Waals surface area contributed by atoms with E-state index in [1.807, 2.05) is 5.32 Å². The lowest BCUT2D eigenvalue weighted by Crippen LogP contribution is -2.43. The number of alkyl halides is 2. The third-order valence-electron chi connectivity index (χ3n) is 1.72. The average Bonchev–Trinajstić information content (AvgIpc) is 2.25. The number of azide groups is 1. The third-order valence-corrected chi connectivity index (χ3v) is 1.72. The van der Waals surface area contributed by atoms with Crippen molar-refractivity contribution >= 4 is 5.91 Å². The quantitative estimate of drug-likeness (QED) is 0.404. The normalized spacial score (nSPS) is 25.9. The van der Waals surface area contributed by atoms with Crippen LogP contribution in [0.4, 0.5) is 8.78 Å². The second-order valence-corrected chi connectivity index (χ2v) is 2.75. The predicted molar refractivity (Wildman–Crippen MR) is 41.7 cm³/mol. The van der Waals surface area contributed by atoms with Crippen LogP contribution < -0.4 is 5.32 Å². The highest BCUT2D eigenvalue weighted by Crippen LogP contribution is 2.22. The zero-order valence-corrected chi connectivity index (χ0v) is 7.11. The van der Waals surface area contributed by atoms with E-state index in [1.165, 1.54) is 0 Å². The molecule has 1 fully saturated rings. The minimum Gasteiger partial charge on any atom is -0.362 e. The van der Waals surface area contributed by atoms with E-state index in [4.69, 9.17) is 5.53 Å². The van der Waals surface area contributed by atoms with E-state index < -0.39 is 37.6 Å². The van der Waals surface area contributed by atoms with Gasteiger partial charge in [-0.1, -0.05) is 5.11 Å². The lowest BCUT2D eigenvalue weighted by atomic mass is 10.2. The summed E-state index contributed by atoms with van der Waals surface area (Å²) in [4.78, 5) is 13.1. The third kappa shape index (κ3) is 2.54. The van der Waals surface area contributed by atoms with E-state index >= 15 is 0 Å². The van der Waals surface area contributed by atoms with Gasteiger partial charge in [0.05, 0.1) is 13.1 Å². The molecule has 0 aromatic heterocycles. The Balaban J connectivity index is 2.69. The molecule has 0 bridgehead atoms. The van der Waals surface area contributed by atoms with Gasteiger partial charge in [-0.15, -0.1) is 0 Å². The average molecular weight is 206 g/mol. The van der Waals surface area contributed by atoms with E-state index in [0.29, 0.717) is 0 Å². The maximum absolute atomic E-state index is 13.1. The zero-order chi connectivity index (χ0) is 10.6. The lowest BCUT2D eigenvalue weighted by molar-refractivity contribution is -0.131. The topological polar surface area (TPSA) is 87.1 Å². The van der Waals surface area contributed by atoms with Crippen molar-refractivity contribution in [2.75, 3.05) is 19.7 Å². The molecular formula is C6H8F2N4O2. The van der Waals surface area contributed by atoms with Gasteiger partial charge in [-0.25, -0.2) is 8.78 Å². The molecule has 1 amide bonds. The van der Waals surface area contributed by atoms with Crippen molar-refractivity contribution in [2.24, 2.45) is 5.11 Å². The van der Waals surface area contributed by atoms with Crippen LogP contribution in [0.3, 0.4) is 0 Å². The number of halogens is 2. The molecule has 1 saturated heterocycles. The van der Waals surface area contributed by atoms with Crippen LogP contribution in [0.25, 0.3) is 10.4 Å². The first kappa shape index (κ1) is 10.7. The van der Waals surface area contributed by atoms with Crippen molar-refractivity contribution in [2.45, 2.75) is 12.0 Å². The molecule has 0 aromatic carbocycles. The molecule has 0 aliphatic carbocycles. The molecule has 1 heterocycles. The van der Waals surface area contributed by atoms with Crippen molar-refractivity contribution in [3.05, 3.63) is 10.4 Å². The Kier molecular flexibility index (Phi) is 3.21. The number of ether oxygens (including phenoxy) is 1. The summed E-state index contributed by atoms with van der Waals surface area (Å²) in [5.41, 5.74) is 7.96. The van der Waals surface area contributed by atoms with Gasteiger partial charge in [0.1, 0.15) is 12.7 Å². The highest BCUT2D eigenvalue weighted by molar-refractivity contribution is 5.77. The van der Waals surface area contributed by atoms with Crippen molar-refractivity contribution in [3.8, 4) is 0 Å². The molecule has 8 heteroatoms. The Labute approximate surface area is 77.8 Å². The van der Waals surface area contributed by atoms with Crippen LogP contribution in [0.5, 0.6) is 0 Å². The van der Waals surface area contributed by atoms with Gasteiger partial charge in [0.15, 0.2) is 0 Å². The molecule has 6 nitrogen and oxygen atoms in total. The van der Waals surface area contributed by atoms with E-state index in [-0.39, 0.29) is 0 Å². The molecule has 78 valence electrons. The van der Waals surface area contributed by atoms with E-state index in [2.05, 4.69) is 14.8 Å². The molecule has 1 unspecified atom stereocenters. The summed E-state index contributed by atoms with van der Waals surface area (Å²) in [5.74, 6) is -3.81. The Morgan fingerprint density at radius 1 is 1.79 bits per heavy atom. The number of amides is 1. The summed E-state index contributed by atoms with van der Waals surface area (Å²) in [6.45, 7) is -1.73. The fourth-order valence-electron chi connectivity index (χ4n) is 0.976. The van der Waals surface area contributed by atoms with E-state index in [9.17, 15) is 13.6 Å². The number of hydrogen-bond acceptors (Lipinski definition) is 3. The van der Waals surface area contributed by atoms with Gasteiger partial charge in [0, 0.05) is 4.91 Å². The maximum Gasteiger partial charge on any atom is 0.290 e. The van der Waals surface area contributed by atoms with Crippen molar-refractivity contribution < 1.29 is 18.3 Å². The van der Waals surface area contributed by atoms with E-state index in [0.717, 1.165) is 0 Å². The largest absolute Gasteiger partial charge is 0.362 e. The molecule has 0 spiro atoms. The summed E-state index contributed by atoms with van der Waals surface area (Å²) in [6.07, 6.45) is -1.54. The van der Waals surface area contributed by atoms with Crippen molar-refractivity contribution in [3.63, 3.8) is 0 Å². The Hall–Kier alpha value is -1.40. The predicted octanol–water partition coefficient (Wildman–Crippen LogP) is 0.447. The minimum absolute atomic E-state index is 0.443. The SMILES string of the molecule is [N-]=[N+]=NCC1OCC(=O)NCC1(F)F. The summed E-state index contributed by atoms with van der Waals surface area (Å²) in [5, 5.41) is 4.99. The molecule has 1 aliphatic heterocycles. The molecular weight excluding hydrogens is 198 g/mol. The van der Waals surface area contributed by atoms with Crippen molar-refractivity contribution in [1.29, 1.82) is 0 Å². The van der Waals surface area contributed by atoms with Crippen molar-refractivity contribution in [1.82, 2.24) is 5.32 Å². The molecule has 1 rings (SSSR count). The monoisotopic (exact) mass is 206 g/mol. The number of hydrogen-bond donors (Lipinski definition) is 1. The zero-order valence-electron chi connectivity index (χ0n) is 7.11. The van der Waals surface area contributed by atoms with Crippen LogP contribution in [0.2, 0.25) is 0 Å². The molecule has 0 radical (unpaired) electrons. The minimum atomic E-state index is -3.21. The molecule has 1 atom stereocenters. The van der Waals surface area contributed by atoms with Crippen LogP contribution >= 0.6 is 0 Å². The highest BCUT2D eigenvalue weighted by atomic mass is 19.3. The van der Waals surface area contributed by atoms with Crippen LogP contribution in [0.1, 0.15) is 0 Å². The van der Waals surface area contributed by atoms with Gasteiger partial charge < -0.3 is 10.1 Å². The Morgan fingerprint density at radius 3 is 3.14 bits per heavy atom. The van der Waals surface area contributed by atoms with Gasteiger partial charge in [-0.05, 0) is 5.53 Å². The molecule has 0 aromatic rings. The lowest BCUT2D eigenvalue weighted by Gasteiger charge is -2.21. The first-order valence-corrected chi connectivity index (χ1v) is 3.83. The molecule has 1 N–H and O–H groups in total. The number of rotatable bonds is 2. The first-order chi connectivity index (χ1) is 6.56. The van der Waals surface area contributed by atoms with Crippen LogP contribution in [0.15, 0.2) is 5.11 Å². The maximum atomic E-state index is 13.1. The van der Waals surface area contributed by atoms with E-state index in [1.54, 1.807) is 0 Å². The number of carbonyl (C=O) groups excluding carboxylic acids is 1. The fourth-order valence-corrected chi connectivity index (χ4v) is 0.976. The Morgan fingerprint density at radius 2 is 2.50 bits per heavy atom. The van der Waals surface area contributed by atoms with Crippen LogP contribution in [0, 0.1) is 0 Å². The second kappa shape index (κ2) is 4.21. The van der Waals surface area contributed by atoms with Gasteiger partial charge >= 0.3 is 0 Å². The number of carbonyl (C=O) groups is 1. The second-order valence-electron chi connectivity index (χ2n) is 2.75. The number of nitrogens with one attached hydrogen (secondary N) is 1. The van der Waals surface area contributed by atoms with Crippen LogP contribution in [-0.4, -0.2) is 37.6 Å². The smallest absolute Gasteiger partial charge is 0.290 e. The van der Waals surface area contributed by atoms with Gasteiger partial charge in [-0.3, -0.25) is 4.79 Å². The highest BCUT2D eigenvalue weighted by Gasteiger charge is 2.42. The summed E-state index contributed by atoms with van der Waals surface area (Å²) in [7, 11) is 0. The number of nitrogens with zero attached hydrogens (tertiary/aromatic N) is 3. The molecule has 14 heavy (non-hydrogen) atoms. The van der Waals surface area contributed by atoms with Gasteiger partial charge in [0.25, 0.3) is 5.92 Å². The van der Waals surface area contributed by atoms with Crippen LogP contribution in [-0.2, 0) is 9.53 Å². The summed E-state index contributed by atoms with van der Waals surface area (Å²) in [6, 6.07) is 0.